The van der Waals surface area contributed by atoms with Crippen LogP contribution in [0.4, 0.5) is 5.69 Å². The fourth-order valence-corrected chi connectivity index (χ4v) is 2.11. The van der Waals surface area contributed by atoms with Gasteiger partial charge in [0, 0.05) is 17.8 Å². The quantitative estimate of drug-likeness (QED) is 0.733. The number of furan rings is 1. The van der Waals surface area contributed by atoms with Gasteiger partial charge in [-0.05, 0) is 25.5 Å². The summed E-state index contributed by atoms with van der Waals surface area (Å²) >= 11 is 0. The van der Waals surface area contributed by atoms with E-state index in [4.69, 9.17) is 4.42 Å². The molecular weight excluding hydrogens is 240 g/mol. The van der Waals surface area contributed by atoms with Crippen molar-refractivity contribution in [3.05, 3.63) is 53.4 Å². The Labute approximate surface area is 110 Å². The Morgan fingerprint density at radius 1 is 1.21 bits per heavy atom. The standard InChI is InChI=1S/C15H14N2O2/c1-9-3-4-11(10(2)7-9)17-15(18)13-8-14-12(16-13)5-6-19-14/h3-8,16H,1-2H3,(H,17,18). The van der Waals surface area contributed by atoms with Gasteiger partial charge in [-0.15, -0.1) is 0 Å². The van der Waals surface area contributed by atoms with Crippen LogP contribution in [0.3, 0.4) is 0 Å². The van der Waals surface area contributed by atoms with Crippen LogP contribution < -0.4 is 5.32 Å². The van der Waals surface area contributed by atoms with Crippen molar-refractivity contribution in [1.82, 2.24) is 4.98 Å². The molecule has 2 aromatic heterocycles. The Hall–Kier alpha value is -2.49. The van der Waals surface area contributed by atoms with E-state index in [0.29, 0.717) is 11.3 Å². The van der Waals surface area contributed by atoms with E-state index in [2.05, 4.69) is 10.3 Å². The maximum atomic E-state index is 12.1. The number of fused-ring (bicyclic) bond motifs is 1. The van der Waals surface area contributed by atoms with Gasteiger partial charge in [-0.25, -0.2) is 0 Å². The number of aromatic amines is 1. The molecule has 4 nitrogen and oxygen atoms in total. The lowest BCUT2D eigenvalue weighted by Crippen LogP contribution is -2.13. The molecule has 3 rings (SSSR count). The first-order chi connectivity index (χ1) is 9.13. The van der Waals surface area contributed by atoms with E-state index in [9.17, 15) is 4.79 Å². The van der Waals surface area contributed by atoms with E-state index in [1.165, 1.54) is 5.56 Å². The molecule has 0 unspecified atom stereocenters. The minimum Gasteiger partial charge on any atom is -0.463 e. The average molecular weight is 254 g/mol. The maximum Gasteiger partial charge on any atom is 0.272 e. The number of amides is 1. The monoisotopic (exact) mass is 254 g/mol. The second-order valence-electron chi connectivity index (χ2n) is 4.65. The number of hydrogen-bond donors (Lipinski definition) is 2. The molecule has 0 saturated heterocycles. The topological polar surface area (TPSA) is 58.0 Å². The summed E-state index contributed by atoms with van der Waals surface area (Å²) in [5.41, 5.74) is 5.05. The summed E-state index contributed by atoms with van der Waals surface area (Å²) in [5.74, 6) is -0.168. The minimum absolute atomic E-state index is 0.168. The number of hydrogen-bond acceptors (Lipinski definition) is 2. The zero-order chi connectivity index (χ0) is 13.4. The Morgan fingerprint density at radius 3 is 2.79 bits per heavy atom. The van der Waals surface area contributed by atoms with Crippen LogP contribution in [-0.4, -0.2) is 10.9 Å². The molecule has 96 valence electrons. The molecule has 0 fully saturated rings. The van der Waals surface area contributed by atoms with Crippen molar-refractivity contribution in [2.45, 2.75) is 13.8 Å². The van der Waals surface area contributed by atoms with Crippen molar-refractivity contribution in [3.8, 4) is 0 Å². The molecule has 0 aliphatic rings. The lowest BCUT2D eigenvalue weighted by molar-refractivity contribution is 0.102. The number of rotatable bonds is 2. The maximum absolute atomic E-state index is 12.1. The highest BCUT2D eigenvalue weighted by molar-refractivity contribution is 6.05. The third-order valence-electron chi connectivity index (χ3n) is 3.11. The summed E-state index contributed by atoms with van der Waals surface area (Å²) in [5, 5.41) is 2.89. The summed E-state index contributed by atoms with van der Waals surface area (Å²) < 4.78 is 5.23. The average Bonchev–Trinajstić information content (AvgIpc) is 2.93. The van der Waals surface area contributed by atoms with Crippen LogP contribution in [0.25, 0.3) is 11.1 Å². The molecule has 1 amide bonds. The molecule has 0 saturated carbocycles. The Balaban J connectivity index is 1.86. The van der Waals surface area contributed by atoms with Crippen molar-refractivity contribution in [2.75, 3.05) is 5.32 Å². The number of aryl methyl sites for hydroxylation is 2. The van der Waals surface area contributed by atoms with Crippen molar-refractivity contribution >= 4 is 22.7 Å². The van der Waals surface area contributed by atoms with Crippen LogP contribution in [0.2, 0.25) is 0 Å². The van der Waals surface area contributed by atoms with Crippen molar-refractivity contribution < 1.29 is 9.21 Å². The molecule has 4 heteroatoms. The molecule has 0 radical (unpaired) electrons. The molecule has 0 aliphatic carbocycles. The van der Waals surface area contributed by atoms with E-state index >= 15 is 0 Å². The second kappa shape index (κ2) is 4.31. The summed E-state index contributed by atoms with van der Waals surface area (Å²) in [6.45, 7) is 4.00. The third kappa shape index (κ3) is 2.12. The Bertz CT molecular complexity index is 724. The van der Waals surface area contributed by atoms with Crippen molar-refractivity contribution in [1.29, 1.82) is 0 Å². The minimum atomic E-state index is -0.168. The van der Waals surface area contributed by atoms with Crippen LogP contribution in [-0.2, 0) is 0 Å². The van der Waals surface area contributed by atoms with Gasteiger partial charge in [0.1, 0.15) is 5.69 Å². The number of anilines is 1. The number of carbonyl (C=O) groups excluding carboxylic acids is 1. The highest BCUT2D eigenvalue weighted by atomic mass is 16.3. The number of carbonyl (C=O) groups is 1. The molecule has 3 aromatic rings. The summed E-state index contributed by atoms with van der Waals surface area (Å²) in [7, 11) is 0. The Morgan fingerprint density at radius 2 is 2.05 bits per heavy atom. The summed E-state index contributed by atoms with van der Waals surface area (Å²) in [4.78, 5) is 15.2. The van der Waals surface area contributed by atoms with Gasteiger partial charge in [0.05, 0.1) is 11.8 Å². The van der Waals surface area contributed by atoms with Gasteiger partial charge < -0.3 is 14.7 Å². The zero-order valence-electron chi connectivity index (χ0n) is 10.8. The fourth-order valence-electron chi connectivity index (χ4n) is 2.11. The number of benzene rings is 1. The molecule has 19 heavy (non-hydrogen) atoms. The number of H-pyrrole nitrogens is 1. The van der Waals surface area contributed by atoms with Gasteiger partial charge >= 0.3 is 0 Å². The van der Waals surface area contributed by atoms with Gasteiger partial charge in [-0.1, -0.05) is 17.7 Å². The first-order valence-electron chi connectivity index (χ1n) is 6.08. The Kier molecular flexibility index (Phi) is 2.63. The van der Waals surface area contributed by atoms with Gasteiger partial charge in [0.15, 0.2) is 5.58 Å². The predicted octanol–water partition coefficient (Wildman–Crippen LogP) is 3.63. The number of aromatic nitrogens is 1. The third-order valence-corrected chi connectivity index (χ3v) is 3.11. The molecular formula is C15H14N2O2. The first kappa shape index (κ1) is 11.6. The van der Waals surface area contributed by atoms with E-state index in [0.717, 1.165) is 16.8 Å². The fraction of sp³-hybridized carbons (Fsp3) is 0.133. The van der Waals surface area contributed by atoms with Crippen LogP contribution >= 0.6 is 0 Å². The molecule has 2 heterocycles. The molecule has 2 N–H and O–H groups in total. The van der Waals surface area contributed by atoms with Gasteiger partial charge in [0.25, 0.3) is 5.91 Å². The van der Waals surface area contributed by atoms with Crippen LogP contribution in [0, 0.1) is 13.8 Å². The van der Waals surface area contributed by atoms with E-state index < -0.39 is 0 Å². The molecule has 0 atom stereocenters. The smallest absolute Gasteiger partial charge is 0.272 e. The zero-order valence-corrected chi connectivity index (χ0v) is 10.8. The van der Waals surface area contributed by atoms with E-state index in [1.807, 2.05) is 32.0 Å². The summed E-state index contributed by atoms with van der Waals surface area (Å²) in [6, 6.07) is 9.42. The highest BCUT2D eigenvalue weighted by Crippen LogP contribution is 2.19. The summed E-state index contributed by atoms with van der Waals surface area (Å²) in [6.07, 6.45) is 1.59. The largest absolute Gasteiger partial charge is 0.463 e. The van der Waals surface area contributed by atoms with Crippen molar-refractivity contribution in [2.24, 2.45) is 0 Å². The van der Waals surface area contributed by atoms with E-state index in [-0.39, 0.29) is 5.91 Å². The SMILES string of the molecule is Cc1ccc(NC(=O)c2cc3occc3[nH]2)c(C)c1. The second-order valence-corrected chi connectivity index (χ2v) is 4.65. The highest BCUT2D eigenvalue weighted by Gasteiger charge is 2.12. The van der Waals surface area contributed by atoms with Crippen molar-refractivity contribution in [3.63, 3.8) is 0 Å². The lowest BCUT2D eigenvalue weighted by atomic mass is 10.1. The normalized spacial score (nSPS) is 10.8. The first-order valence-corrected chi connectivity index (χ1v) is 6.08. The lowest BCUT2D eigenvalue weighted by Gasteiger charge is -2.08. The van der Waals surface area contributed by atoms with Gasteiger partial charge in [0.2, 0.25) is 0 Å². The van der Waals surface area contributed by atoms with E-state index in [1.54, 1.807) is 18.4 Å². The van der Waals surface area contributed by atoms with Gasteiger partial charge in [-0.3, -0.25) is 4.79 Å². The van der Waals surface area contributed by atoms with Crippen LogP contribution in [0.1, 0.15) is 21.6 Å². The molecule has 1 aromatic carbocycles. The molecule has 0 bridgehead atoms. The van der Waals surface area contributed by atoms with Crippen LogP contribution in [0.5, 0.6) is 0 Å². The van der Waals surface area contributed by atoms with Gasteiger partial charge in [-0.2, -0.15) is 0 Å². The van der Waals surface area contributed by atoms with Crippen LogP contribution in [0.15, 0.2) is 41.0 Å². The number of nitrogens with one attached hydrogen (secondary N) is 2. The molecule has 0 spiro atoms. The molecule has 0 aliphatic heterocycles. The predicted molar refractivity (Wildman–Crippen MR) is 74.4 cm³/mol.